The van der Waals surface area contributed by atoms with Crippen LogP contribution in [0, 0.1) is 37.5 Å². The van der Waals surface area contributed by atoms with Crippen LogP contribution in [0.3, 0.4) is 0 Å². The third kappa shape index (κ3) is 4.69. The van der Waals surface area contributed by atoms with E-state index >= 15 is 9.59 Å². The van der Waals surface area contributed by atoms with Crippen molar-refractivity contribution in [2.75, 3.05) is 4.90 Å². The van der Waals surface area contributed by atoms with Gasteiger partial charge in [-0.25, -0.2) is 4.79 Å². The monoisotopic (exact) mass is 677 g/mol. The number of carbonyl (C=O) groups is 5. The summed E-state index contributed by atoms with van der Waals surface area (Å²) in [6, 6.07) is 27.9. The van der Waals surface area contributed by atoms with Crippen molar-refractivity contribution in [3.05, 3.63) is 148 Å². The number of benzene rings is 4. The number of allylic oxidation sites excluding steroid dienone is 4. The zero-order valence-electron chi connectivity index (χ0n) is 28.1. The summed E-state index contributed by atoms with van der Waals surface area (Å²) in [4.78, 5) is 71.4. The molecule has 4 aliphatic rings. The van der Waals surface area contributed by atoms with Gasteiger partial charge in [-0.15, -0.1) is 0 Å². The Labute approximate surface area is 294 Å². The molecule has 0 aromatic heterocycles. The van der Waals surface area contributed by atoms with Crippen molar-refractivity contribution in [2.45, 2.75) is 38.0 Å². The zero-order chi connectivity index (χ0) is 35.8. The number of aromatic hydroxyl groups is 1. The molecule has 1 aliphatic heterocycles. The molecular formula is C43H35NO7. The molecule has 2 N–H and O–H groups in total. The van der Waals surface area contributed by atoms with Crippen molar-refractivity contribution >= 4 is 40.6 Å². The fourth-order valence-corrected chi connectivity index (χ4v) is 9.41. The molecule has 0 unspecified atom stereocenters. The van der Waals surface area contributed by atoms with E-state index < -0.39 is 46.9 Å². The molecule has 1 saturated heterocycles. The number of carbonyl (C=O) groups excluding carboxylic acids is 4. The molecule has 254 valence electrons. The van der Waals surface area contributed by atoms with E-state index in [1.165, 1.54) is 30.3 Å². The molecule has 2 fully saturated rings. The lowest BCUT2D eigenvalue weighted by molar-refractivity contribution is -0.135. The second-order valence-electron chi connectivity index (χ2n) is 14.2. The maximum Gasteiger partial charge on any atom is 0.335 e. The number of hydrogen-bond acceptors (Lipinski definition) is 6. The maximum absolute atomic E-state index is 15.2. The molecule has 8 rings (SSSR count). The Balaban J connectivity index is 1.35. The zero-order valence-corrected chi connectivity index (χ0v) is 28.1. The standard InChI is InChI=1S/C43H35NO7/c1-23-19-27(20-24(2)38(23)46)37-30-17-18-31-36(41(49)44(40(31)48)29-15-13-26(14-16-29)42(50)51)33(30)21-34-39(47)32(25-9-5-3-6-10-25)22-35(45)43(34,37)28-11-7-4-8-12-28/h3-17,19-20,22,31,33-34,36-37,46H,18,21H2,1-2H3,(H,50,51)/t31-,33+,34-,36-,37-,43-/m0/s1. The Morgan fingerprint density at radius 3 is 2.06 bits per heavy atom. The first-order chi connectivity index (χ1) is 24.5. The highest BCUT2D eigenvalue weighted by Gasteiger charge is 2.66. The number of phenols is 1. The predicted octanol–water partition coefficient (Wildman–Crippen LogP) is 6.74. The lowest BCUT2D eigenvalue weighted by atomic mass is 9.44. The van der Waals surface area contributed by atoms with Gasteiger partial charge in [0.05, 0.1) is 28.5 Å². The highest BCUT2D eigenvalue weighted by molar-refractivity contribution is 6.32. The van der Waals surface area contributed by atoms with Crippen molar-refractivity contribution in [2.24, 2.45) is 23.7 Å². The Bertz CT molecular complexity index is 2200. The van der Waals surface area contributed by atoms with Gasteiger partial charge in [0, 0.05) is 17.4 Å². The van der Waals surface area contributed by atoms with Crippen LogP contribution < -0.4 is 4.90 Å². The van der Waals surface area contributed by atoms with Crippen molar-refractivity contribution in [1.82, 2.24) is 0 Å². The van der Waals surface area contributed by atoms with Gasteiger partial charge >= 0.3 is 5.97 Å². The van der Waals surface area contributed by atoms with Crippen molar-refractivity contribution in [3.63, 3.8) is 0 Å². The number of aromatic carboxylic acids is 1. The van der Waals surface area contributed by atoms with Gasteiger partial charge in [-0.1, -0.05) is 84.4 Å². The summed E-state index contributed by atoms with van der Waals surface area (Å²) >= 11 is 0. The minimum Gasteiger partial charge on any atom is -0.507 e. The average Bonchev–Trinajstić information content (AvgIpc) is 3.40. The molecule has 0 radical (unpaired) electrons. The second kappa shape index (κ2) is 11.9. The normalized spacial score (nSPS) is 26.9. The van der Waals surface area contributed by atoms with Crippen molar-refractivity contribution < 1.29 is 34.2 Å². The molecular weight excluding hydrogens is 642 g/mol. The number of aryl methyl sites for hydroxylation is 2. The van der Waals surface area contributed by atoms with E-state index in [9.17, 15) is 24.6 Å². The maximum atomic E-state index is 15.2. The van der Waals surface area contributed by atoms with E-state index in [0.717, 1.165) is 16.0 Å². The molecule has 1 saturated carbocycles. The molecule has 3 aliphatic carbocycles. The van der Waals surface area contributed by atoms with Crippen LogP contribution in [0.5, 0.6) is 5.75 Å². The number of ketones is 2. The van der Waals surface area contributed by atoms with Gasteiger partial charge in [0.25, 0.3) is 0 Å². The summed E-state index contributed by atoms with van der Waals surface area (Å²) in [5.41, 5.74) is 3.45. The summed E-state index contributed by atoms with van der Waals surface area (Å²) in [7, 11) is 0. The van der Waals surface area contributed by atoms with Crippen LogP contribution in [0.4, 0.5) is 5.69 Å². The van der Waals surface area contributed by atoms with Gasteiger partial charge in [-0.2, -0.15) is 0 Å². The lowest BCUT2D eigenvalue weighted by Gasteiger charge is -2.55. The minimum atomic E-state index is -1.36. The number of Topliss-reactive ketones (excluding diaryl/α,β-unsaturated/α-hetero) is 1. The topological polar surface area (TPSA) is 129 Å². The fourth-order valence-electron chi connectivity index (χ4n) is 9.41. The predicted molar refractivity (Wildman–Crippen MR) is 190 cm³/mol. The van der Waals surface area contributed by atoms with E-state index in [1.54, 1.807) is 13.8 Å². The number of carboxylic acid groups (broad SMARTS) is 1. The van der Waals surface area contributed by atoms with Gasteiger partial charge in [-0.05, 0) is 90.8 Å². The highest BCUT2D eigenvalue weighted by atomic mass is 16.4. The van der Waals surface area contributed by atoms with E-state index in [0.29, 0.717) is 33.5 Å². The number of anilines is 1. The number of imide groups is 1. The van der Waals surface area contributed by atoms with Gasteiger partial charge in [-0.3, -0.25) is 24.1 Å². The summed E-state index contributed by atoms with van der Waals surface area (Å²) in [6.07, 6.45) is 3.94. The van der Waals surface area contributed by atoms with Gasteiger partial charge in [0.1, 0.15) is 5.75 Å². The molecule has 1 heterocycles. The van der Waals surface area contributed by atoms with Crippen LogP contribution in [-0.4, -0.2) is 39.6 Å². The Hall–Kier alpha value is -5.89. The van der Waals surface area contributed by atoms with Crippen LogP contribution in [0.1, 0.15) is 56.9 Å². The Morgan fingerprint density at radius 1 is 0.804 bits per heavy atom. The summed E-state index contributed by atoms with van der Waals surface area (Å²) in [5, 5.41) is 20.3. The third-order valence-corrected chi connectivity index (χ3v) is 11.6. The largest absolute Gasteiger partial charge is 0.507 e. The van der Waals surface area contributed by atoms with E-state index in [1.807, 2.05) is 78.9 Å². The Kier molecular flexibility index (Phi) is 7.52. The van der Waals surface area contributed by atoms with E-state index in [4.69, 9.17) is 0 Å². The lowest BCUT2D eigenvalue weighted by Crippen LogP contribution is -2.58. The van der Waals surface area contributed by atoms with Crippen LogP contribution in [0.15, 0.2) is 115 Å². The number of phenolic OH excluding ortho intramolecular Hbond substituents is 1. The first kappa shape index (κ1) is 32.3. The molecule has 2 amide bonds. The molecule has 51 heavy (non-hydrogen) atoms. The summed E-state index contributed by atoms with van der Waals surface area (Å²) < 4.78 is 0. The van der Waals surface area contributed by atoms with Crippen molar-refractivity contribution in [1.29, 1.82) is 0 Å². The molecule has 4 aromatic rings. The van der Waals surface area contributed by atoms with Gasteiger partial charge in [0.15, 0.2) is 11.6 Å². The first-order valence-electron chi connectivity index (χ1n) is 17.2. The SMILES string of the molecule is Cc1cc([C@H]2C3=CC[C@@H]4C(=O)N(c5ccc(C(=O)O)cc5)C(=O)[C@@H]4[C@@H]3C[C@H]3C(=O)C(c4ccccc4)=CC(=O)[C@@]23c2ccccc2)cc(C)c1O. The van der Waals surface area contributed by atoms with Gasteiger partial charge in [0.2, 0.25) is 11.8 Å². The van der Waals surface area contributed by atoms with E-state index in [-0.39, 0.29) is 41.6 Å². The van der Waals surface area contributed by atoms with Crippen LogP contribution in [0.25, 0.3) is 5.57 Å². The van der Waals surface area contributed by atoms with Crippen LogP contribution in [0.2, 0.25) is 0 Å². The molecule has 0 spiro atoms. The number of amides is 2. The smallest absolute Gasteiger partial charge is 0.335 e. The van der Waals surface area contributed by atoms with Crippen LogP contribution in [-0.2, 0) is 24.6 Å². The summed E-state index contributed by atoms with van der Waals surface area (Å²) in [5.74, 6) is -5.72. The number of fused-ring (bicyclic) bond motifs is 4. The molecule has 0 bridgehead atoms. The number of nitrogens with zero attached hydrogens (tertiary/aromatic N) is 1. The first-order valence-corrected chi connectivity index (χ1v) is 17.2. The third-order valence-electron chi connectivity index (χ3n) is 11.6. The summed E-state index contributed by atoms with van der Waals surface area (Å²) in [6.45, 7) is 3.61. The van der Waals surface area contributed by atoms with Crippen LogP contribution >= 0.6 is 0 Å². The minimum absolute atomic E-state index is 0.0360. The van der Waals surface area contributed by atoms with Crippen molar-refractivity contribution in [3.8, 4) is 5.75 Å². The number of rotatable bonds is 5. The highest BCUT2D eigenvalue weighted by Crippen LogP contribution is 2.64. The molecule has 8 nitrogen and oxygen atoms in total. The quantitative estimate of drug-likeness (QED) is 0.177. The second-order valence-corrected chi connectivity index (χ2v) is 14.2. The average molecular weight is 678 g/mol. The molecule has 6 atom stereocenters. The fraction of sp³-hybridized carbons (Fsp3) is 0.233. The Morgan fingerprint density at radius 2 is 1.43 bits per heavy atom. The van der Waals surface area contributed by atoms with Gasteiger partial charge < -0.3 is 10.2 Å². The molecule has 4 aromatic carbocycles. The van der Waals surface area contributed by atoms with E-state index in [2.05, 4.69) is 0 Å². The number of carboxylic acids is 1. The number of hydrogen-bond donors (Lipinski definition) is 2. The molecule has 8 heteroatoms.